The molecule has 3 nitrogen and oxygen atoms in total. The molecule has 0 amide bonds. The Labute approximate surface area is 102 Å². The zero-order valence-electron chi connectivity index (χ0n) is 7.87. The predicted molar refractivity (Wildman–Crippen MR) is 63.2 cm³/mol. The van der Waals surface area contributed by atoms with Crippen LogP contribution in [0.4, 0.5) is 0 Å². The van der Waals surface area contributed by atoms with E-state index < -0.39 is 11.5 Å². The van der Waals surface area contributed by atoms with Crippen LogP contribution in [-0.2, 0) is 16.8 Å². The van der Waals surface area contributed by atoms with Gasteiger partial charge < -0.3 is 10.8 Å². The van der Waals surface area contributed by atoms with Crippen LogP contribution in [-0.4, -0.2) is 11.1 Å². The molecule has 0 heterocycles. The quantitative estimate of drug-likeness (QED) is 0.833. The molecule has 0 saturated heterocycles. The Balaban J connectivity index is 0.00000112. The minimum absolute atomic E-state index is 0. The molecular weight excluding hydrogens is 281 g/mol. The highest BCUT2D eigenvalue weighted by atomic mass is 79.9. The van der Waals surface area contributed by atoms with Crippen LogP contribution in [0.25, 0.3) is 0 Å². The van der Waals surface area contributed by atoms with Gasteiger partial charge in [0.05, 0.1) is 0 Å². The summed E-state index contributed by atoms with van der Waals surface area (Å²) in [5.41, 5.74) is 6.44. The molecule has 15 heavy (non-hydrogen) atoms. The van der Waals surface area contributed by atoms with Gasteiger partial charge >= 0.3 is 5.97 Å². The van der Waals surface area contributed by atoms with E-state index in [1.54, 1.807) is 6.07 Å². The lowest BCUT2D eigenvalue weighted by Gasteiger charge is -2.19. The van der Waals surface area contributed by atoms with Crippen molar-refractivity contribution in [3.8, 4) is 0 Å². The Kier molecular flexibility index (Phi) is 3.43. The SMILES string of the molecule is Cl.N[C@]1(C(=O)O)CCc2cc(Br)ccc21. The third-order valence-corrected chi connectivity index (χ3v) is 3.21. The van der Waals surface area contributed by atoms with E-state index in [0.717, 1.165) is 22.0 Å². The van der Waals surface area contributed by atoms with E-state index in [0.29, 0.717) is 6.42 Å². The van der Waals surface area contributed by atoms with Gasteiger partial charge in [0, 0.05) is 4.47 Å². The second-order valence-electron chi connectivity index (χ2n) is 3.58. The molecule has 0 fully saturated rings. The van der Waals surface area contributed by atoms with Crippen molar-refractivity contribution in [2.24, 2.45) is 5.73 Å². The number of aryl methyl sites for hydroxylation is 1. The van der Waals surface area contributed by atoms with Crippen molar-refractivity contribution in [2.75, 3.05) is 0 Å². The molecule has 1 aliphatic rings. The molecule has 3 N–H and O–H groups in total. The Bertz CT molecular complexity index is 410. The summed E-state index contributed by atoms with van der Waals surface area (Å²) in [7, 11) is 0. The first-order valence-corrected chi connectivity index (χ1v) is 5.14. The van der Waals surface area contributed by atoms with Crippen LogP contribution in [0.5, 0.6) is 0 Å². The fraction of sp³-hybridized carbons (Fsp3) is 0.300. The summed E-state index contributed by atoms with van der Waals surface area (Å²) in [6.07, 6.45) is 1.21. The standard InChI is InChI=1S/C10H10BrNO2.ClH/c11-7-1-2-8-6(5-7)3-4-10(8,12)9(13)14;/h1-2,5H,3-4,12H2,(H,13,14);1H/t10-;/m1./s1. The van der Waals surface area contributed by atoms with Crippen LogP contribution in [0.15, 0.2) is 22.7 Å². The highest BCUT2D eigenvalue weighted by Crippen LogP contribution is 2.36. The molecule has 1 atom stereocenters. The summed E-state index contributed by atoms with van der Waals surface area (Å²) in [6.45, 7) is 0. The lowest BCUT2D eigenvalue weighted by atomic mass is 9.93. The summed E-state index contributed by atoms with van der Waals surface area (Å²) in [5, 5.41) is 9.05. The summed E-state index contributed by atoms with van der Waals surface area (Å²) < 4.78 is 0.964. The number of carboxylic acids is 1. The maximum Gasteiger partial charge on any atom is 0.328 e. The van der Waals surface area contributed by atoms with Gasteiger partial charge in [-0.3, -0.25) is 0 Å². The normalized spacial score (nSPS) is 23.1. The van der Waals surface area contributed by atoms with Crippen molar-refractivity contribution >= 4 is 34.3 Å². The van der Waals surface area contributed by atoms with E-state index in [9.17, 15) is 4.79 Å². The number of carbonyl (C=O) groups is 1. The minimum Gasteiger partial charge on any atom is -0.480 e. The molecule has 5 heteroatoms. The molecule has 2 rings (SSSR count). The number of aliphatic carboxylic acids is 1. The van der Waals surface area contributed by atoms with Gasteiger partial charge in [-0.25, -0.2) is 4.79 Å². The van der Waals surface area contributed by atoms with Crippen LogP contribution in [0.2, 0.25) is 0 Å². The van der Waals surface area contributed by atoms with E-state index in [2.05, 4.69) is 15.9 Å². The number of halogens is 2. The number of hydrogen-bond acceptors (Lipinski definition) is 2. The second-order valence-corrected chi connectivity index (χ2v) is 4.49. The first-order valence-electron chi connectivity index (χ1n) is 4.35. The zero-order chi connectivity index (χ0) is 10.3. The van der Waals surface area contributed by atoms with E-state index in [1.807, 2.05) is 12.1 Å². The Morgan fingerprint density at radius 3 is 2.80 bits per heavy atom. The first kappa shape index (κ1) is 12.5. The Morgan fingerprint density at radius 1 is 1.53 bits per heavy atom. The van der Waals surface area contributed by atoms with E-state index in [4.69, 9.17) is 10.8 Å². The highest BCUT2D eigenvalue weighted by molar-refractivity contribution is 9.10. The van der Waals surface area contributed by atoms with E-state index in [-0.39, 0.29) is 12.4 Å². The van der Waals surface area contributed by atoms with Crippen LogP contribution in [0.3, 0.4) is 0 Å². The van der Waals surface area contributed by atoms with E-state index >= 15 is 0 Å². The largest absolute Gasteiger partial charge is 0.480 e. The molecule has 82 valence electrons. The lowest BCUT2D eigenvalue weighted by Crippen LogP contribution is -2.42. The molecular formula is C10H11BrClNO2. The number of hydrogen-bond donors (Lipinski definition) is 2. The molecule has 0 radical (unpaired) electrons. The molecule has 1 aromatic rings. The third kappa shape index (κ3) is 1.89. The van der Waals surface area contributed by atoms with Crippen molar-refractivity contribution < 1.29 is 9.90 Å². The molecule has 0 aromatic heterocycles. The molecule has 0 aliphatic heterocycles. The topological polar surface area (TPSA) is 63.3 Å². The average Bonchev–Trinajstić information content (AvgIpc) is 2.45. The minimum atomic E-state index is -1.18. The number of benzene rings is 1. The van der Waals surface area contributed by atoms with Crippen molar-refractivity contribution in [2.45, 2.75) is 18.4 Å². The molecule has 1 aliphatic carbocycles. The molecule has 0 unspecified atom stereocenters. The molecule has 0 spiro atoms. The summed E-state index contributed by atoms with van der Waals surface area (Å²) in [5.74, 6) is -0.946. The zero-order valence-corrected chi connectivity index (χ0v) is 10.3. The summed E-state index contributed by atoms with van der Waals surface area (Å²) in [4.78, 5) is 11.0. The smallest absolute Gasteiger partial charge is 0.328 e. The highest BCUT2D eigenvalue weighted by Gasteiger charge is 2.41. The fourth-order valence-electron chi connectivity index (χ4n) is 1.89. The third-order valence-electron chi connectivity index (χ3n) is 2.72. The van der Waals surface area contributed by atoms with Crippen molar-refractivity contribution in [1.82, 2.24) is 0 Å². The average molecular weight is 293 g/mol. The van der Waals surface area contributed by atoms with Crippen LogP contribution < -0.4 is 5.73 Å². The van der Waals surface area contributed by atoms with Crippen molar-refractivity contribution in [1.29, 1.82) is 0 Å². The predicted octanol–water partition coefficient (Wildman–Crippen LogP) is 2.06. The van der Waals surface area contributed by atoms with Crippen molar-refractivity contribution in [3.05, 3.63) is 33.8 Å². The Hall–Kier alpha value is -0.580. The number of nitrogens with two attached hydrogens (primary N) is 1. The molecule has 1 aromatic carbocycles. The Morgan fingerprint density at radius 2 is 2.20 bits per heavy atom. The van der Waals surface area contributed by atoms with Gasteiger partial charge in [0.25, 0.3) is 0 Å². The van der Waals surface area contributed by atoms with Gasteiger partial charge in [-0.15, -0.1) is 12.4 Å². The summed E-state index contributed by atoms with van der Waals surface area (Å²) >= 11 is 3.35. The van der Waals surface area contributed by atoms with Gasteiger partial charge in [-0.05, 0) is 36.1 Å². The first-order chi connectivity index (χ1) is 6.54. The van der Waals surface area contributed by atoms with Crippen LogP contribution in [0.1, 0.15) is 17.5 Å². The number of rotatable bonds is 1. The monoisotopic (exact) mass is 291 g/mol. The number of carboxylic acid groups (broad SMARTS) is 1. The fourth-order valence-corrected chi connectivity index (χ4v) is 2.30. The second kappa shape index (κ2) is 4.12. The lowest BCUT2D eigenvalue weighted by molar-refractivity contribution is -0.143. The molecule has 0 saturated carbocycles. The number of fused-ring (bicyclic) bond motifs is 1. The van der Waals surface area contributed by atoms with Gasteiger partial charge in [0.15, 0.2) is 0 Å². The van der Waals surface area contributed by atoms with Gasteiger partial charge in [0.2, 0.25) is 0 Å². The van der Waals surface area contributed by atoms with E-state index in [1.165, 1.54) is 0 Å². The maximum atomic E-state index is 11.0. The van der Waals surface area contributed by atoms with Gasteiger partial charge in [-0.1, -0.05) is 22.0 Å². The van der Waals surface area contributed by atoms with Gasteiger partial charge in [-0.2, -0.15) is 0 Å². The van der Waals surface area contributed by atoms with Gasteiger partial charge in [0.1, 0.15) is 5.54 Å². The van der Waals surface area contributed by atoms with Crippen LogP contribution in [0, 0.1) is 0 Å². The molecule has 0 bridgehead atoms. The summed E-state index contributed by atoms with van der Waals surface area (Å²) in [6, 6.07) is 5.56. The maximum absolute atomic E-state index is 11.0. The van der Waals surface area contributed by atoms with Crippen molar-refractivity contribution in [3.63, 3.8) is 0 Å². The van der Waals surface area contributed by atoms with Crippen LogP contribution >= 0.6 is 28.3 Å².